The first kappa shape index (κ1) is 22.2. The Labute approximate surface area is 191 Å². The van der Waals surface area contributed by atoms with Gasteiger partial charge in [0, 0.05) is 37.1 Å². The molecule has 4 rings (SSSR count). The van der Waals surface area contributed by atoms with Gasteiger partial charge in [-0.25, -0.2) is 9.18 Å². The van der Waals surface area contributed by atoms with Gasteiger partial charge < -0.3 is 29.9 Å². The van der Waals surface area contributed by atoms with E-state index < -0.39 is 5.82 Å². The number of fused-ring (bicyclic) bond motifs is 1. The van der Waals surface area contributed by atoms with Crippen molar-refractivity contribution in [3.63, 3.8) is 0 Å². The van der Waals surface area contributed by atoms with E-state index in [4.69, 9.17) is 9.47 Å². The molecular formula is C23H25FN6O3. The summed E-state index contributed by atoms with van der Waals surface area (Å²) in [4.78, 5) is 20.5. The zero-order valence-corrected chi connectivity index (χ0v) is 18.4. The number of nitrogens with one attached hydrogen (secondary N) is 2. The highest BCUT2D eigenvalue weighted by Gasteiger charge is 2.34. The molecule has 0 radical (unpaired) electrons. The molecule has 2 heterocycles. The predicted molar refractivity (Wildman–Crippen MR) is 122 cm³/mol. The zero-order valence-electron chi connectivity index (χ0n) is 18.4. The molecule has 0 spiro atoms. The molecule has 9 nitrogen and oxygen atoms in total. The Bertz CT molecular complexity index is 1100. The Morgan fingerprint density at radius 1 is 1.15 bits per heavy atom. The van der Waals surface area contributed by atoms with E-state index in [1.807, 2.05) is 17.2 Å². The molecule has 2 aromatic rings. The van der Waals surface area contributed by atoms with Gasteiger partial charge in [-0.15, -0.1) is 4.99 Å². The lowest BCUT2D eigenvalue weighted by Gasteiger charge is -2.44. The maximum absolute atomic E-state index is 13.5. The molecule has 1 fully saturated rings. The van der Waals surface area contributed by atoms with E-state index >= 15 is 0 Å². The molecule has 10 heteroatoms. The van der Waals surface area contributed by atoms with Crippen molar-refractivity contribution in [3.8, 4) is 17.7 Å². The number of rotatable bonds is 3. The van der Waals surface area contributed by atoms with Gasteiger partial charge in [0.2, 0.25) is 18.9 Å². The number of piperazine rings is 1. The molecule has 1 atom stereocenters. The molecule has 172 valence electrons. The minimum Gasteiger partial charge on any atom is -0.454 e. The number of hydrogen-bond donors (Lipinski definition) is 2. The van der Waals surface area contributed by atoms with Crippen molar-refractivity contribution in [2.75, 3.05) is 37.1 Å². The largest absolute Gasteiger partial charge is 0.454 e. The fourth-order valence-corrected chi connectivity index (χ4v) is 3.91. The molecule has 0 bridgehead atoms. The van der Waals surface area contributed by atoms with Crippen LogP contribution in [0.4, 0.5) is 20.6 Å². The van der Waals surface area contributed by atoms with E-state index in [0.717, 1.165) is 0 Å². The number of ether oxygens (including phenoxy) is 2. The SMILES string of the molecule is CC(C)C1CN(C(=O)Nc2cccc(F)c2)CCN1/C(=N/C#N)Nc1ccc2c(c1)OCO2. The van der Waals surface area contributed by atoms with Gasteiger partial charge in [-0.3, -0.25) is 0 Å². The predicted octanol–water partition coefficient (Wildman–Crippen LogP) is 3.68. The summed E-state index contributed by atoms with van der Waals surface area (Å²) in [6.07, 6.45) is 1.87. The summed E-state index contributed by atoms with van der Waals surface area (Å²) in [6.45, 7) is 5.58. The van der Waals surface area contributed by atoms with Gasteiger partial charge in [-0.2, -0.15) is 5.26 Å². The van der Waals surface area contributed by atoms with Gasteiger partial charge in [0.25, 0.3) is 0 Å². The minimum atomic E-state index is -0.412. The maximum atomic E-state index is 13.5. The van der Waals surface area contributed by atoms with Crippen LogP contribution in [-0.2, 0) is 0 Å². The van der Waals surface area contributed by atoms with Crippen molar-refractivity contribution in [1.29, 1.82) is 5.26 Å². The highest BCUT2D eigenvalue weighted by Crippen LogP contribution is 2.34. The van der Waals surface area contributed by atoms with Crippen molar-refractivity contribution >= 4 is 23.4 Å². The van der Waals surface area contributed by atoms with Crippen molar-refractivity contribution < 1.29 is 18.7 Å². The molecule has 1 unspecified atom stereocenters. The van der Waals surface area contributed by atoms with Crippen molar-refractivity contribution in [2.45, 2.75) is 19.9 Å². The van der Waals surface area contributed by atoms with Gasteiger partial charge >= 0.3 is 6.03 Å². The molecule has 2 N–H and O–H groups in total. The summed E-state index contributed by atoms with van der Waals surface area (Å²) in [6, 6.07) is 10.8. The molecule has 0 aliphatic carbocycles. The fourth-order valence-electron chi connectivity index (χ4n) is 3.91. The summed E-state index contributed by atoms with van der Waals surface area (Å²) in [7, 11) is 0. The topological polar surface area (TPSA) is 102 Å². The highest BCUT2D eigenvalue weighted by atomic mass is 19.1. The molecule has 0 saturated carbocycles. The number of nitrogens with zero attached hydrogens (tertiary/aromatic N) is 4. The third kappa shape index (κ3) is 5.09. The summed E-state index contributed by atoms with van der Waals surface area (Å²) < 4.78 is 24.2. The molecule has 0 aromatic heterocycles. The number of guanidine groups is 1. The lowest BCUT2D eigenvalue weighted by molar-refractivity contribution is 0.120. The van der Waals surface area contributed by atoms with Gasteiger partial charge in [0.1, 0.15) is 5.82 Å². The summed E-state index contributed by atoms with van der Waals surface area (Å²) >= 11 is 0. The first-order valence-corrected chi connectivity index (χ1v) is 10.7. The van der Waals surface area contributed by atoms with E-state index in [-0.39, 0.29) is 24.8 Å². The van der Waals surface area contributed by atoms with Gasteiger partial charge in [-0.1, -0.05) is 19.9 Å². The number of halogens is 1. The molecule has 2 aliphatic heterocycles. The third-order valence-corrected chi connectivity index (χ3v) is 5.61. The van der Waals surface area contributed by atoms with Crippen LogP contribution in [0.2, 0.25) is 0 Å². The van der Waals surface area contributed by atoms with Gasteiger partial charge in [0.05, 0.1) is 6.04 Å². The highest BCUT2D eigenvalue weighted by molar-refractivity contribution is 5.95. The number of nitriles is 1. The fraction of sp³-hybridized carbons (Fsp3) is 0.348. The van der Waals surface area contributed by atoms with Crippen LogP contribution in [0.15, 0.2) is 47.5 Å². The zero-order chi connectivity index (χ0) is 23.4. The Morgan fingerprint density at radius 3 is 2.70 bits per heavy atom. The minimum absolute atomic E-state index is 0.0920. The van der Waals surface area contributed by atoms with Crippen LogP contribution in [0.3, 0.4) is 0 Å². The number of carbonyl (C=O) groups is 1. The molecule has 2 aliphatic rings. The molecule has 2 amide bonds. The maximum Gasteiger partial charge on any atom is 0.321 e. The smallest absolute Gasteiger partial charge is 0.321 e. The summed E-state index contributed by atoms with van der Waals surface area (Å²) in [5, 5.41) is 15.3. The second-order valence-electron chi connectivity index (χ2n) is 8.12. The third-order valence-electron chi connectivity index (χ3n) is 5.61. The number of urea groups is 1. The normalized spacial score (nSPS) is 17.7. The van der Waals surface area contributed by atoms with E-state index in [0.29, 0.717) is 48.5 Å². The number of carbonyl (C=O) groups excluding carboxylic acids is 1. The van der Waals surface area contributed by atoms with Crippen LogP contribution in [0.25, 0.3) is 0 Å². The molecule has 2 aromatic carbocycles. The number of amides is 2. The van der Waals surface area contributed by atoms with Crippen LogP contribution < -0.4 is 20.1 Å². The van der Waals surface area contributed by atoms with E-state index in [9.17, 15) is 14.4 Å². The van der Waals surface area contributed by atoms with Crippen LogP contribution in [0.5, 0.6) is 11.5 Å². The van der Waals surface area contributed by atoms with Crippen LogP contribution in [-0.4, -0.2) is 54.3 Å². The summed E-state index contributed by atoms with van der Waals surface area (Å²) in [5.41, 5.74) is 1.11. The molecular weight excluding hydrogens is 427 g/mol. The number of benzene rings is 2. The van der Waals surface area contributed by atoms with Crippen molar-refractivity contribution in [3.05, 3.63) is 48.3 Å². The van der Waals surface area contributed by atoms with Crippen LogP contribution >= 0.6 is 0 Å². The monoisotopic (exact) mass is 452 g/mol. The second kappa shape index (κ2) is 9.65. The first-order valence-electron chi connectivity index (χ1n) is 10.7. The van der Waals surface area contributed by atoms with Gasteiger partial charge in [-0.05, 0) is 36.2 Å². The van der Waals surface area contributed by atoms with E-state index in [1.54, 1.807) is 29.2 Å². The Balaban J connectivity index is 1.48. The van der Waals surface area contributed by atoms with E-state index in [2.05, 4.69) is 29.5 Å². The quantitative estimate of drug-likeness (QED) is 0.419. The number of aliphatic imine (C=N–C) groups is 1. The number of anilines is 2. The van der Waals surface area contributed by atoms with Crippen molar-refractivity contribution in [1.82, 2.24) is 9.80 Å². The van der Waals surface area contributed by atoms with Gasteiger partial charge in [0.15, 0.2) is 11.5 Å². The Morgan fingerprint density at radius 2 is 1.94 bits per heavy atom. The first-order chi connectivity index (χ1) is 15.9. The number of hydrogen-bond acceptors (Lipinski definition) is 5. The van der Waals surface area contributed by atoms with E-state index in [1.165, 1.54) is 12.1 Å². The second-order valence-corrected chi connectivity index (χ2v) is 8.12. The lowest BCUT2D eigenvalue weighted by atomic mass is 10.00. The summed E-state index contributed by atoms with van der Waals surface area (Å²) in [5.74, 6) is 1.44. The average molecular weight is 452 g/mol. The average Bonchev–Trinajstić information content (AvgIpc) is 3.26. The van der Waals surface area contributed by atoms with Crippen molar-refractivity contribution in [2.24, 2.45) is 10.9 Å². The Kier molecular flexibility index (Phi) is 6.49. The standard InChI is InChI=1S/C23H25FN6O3/c1-15(2)19-12-29(23(31)28-17-5-3-4-16(24)10-17)8-9-30(19)22(26-13-25)27-18-6-7-20-21(11-18)33-14-32-20/h3-7,10-11,15,19H,8-9,12,14H2,1-2H3,(H,26,27)(H,28,31). The molecule has 1 saturated heterocycles. The Hall–Kier alpha value is -4.00. The van der Waals surface area contributed by atoms with Crippen LogP contribution in [0.1, 0.15) is 13.8 Å². The molecule has 33 heavy (non-hydrogen) atoms. The van der Waals surface area contributed by atoms with Crippen LogP contribution in [0, 0.1) is 23.2 Å². The lowest BCUT2D eigenvalue weighted by Crippen LogP contribution is -2.60.